The molecular formula is C23H22FN3O4S. The fraction of sp³-hybridized carbons (Fsp3) is 0.261. The van der Waals surface area contributed by atoms with Crippen LogP contribution in [0.2, 0.25) is 0 Å². The number of amides is 1. The number of aliphatic imine (C=N–C) groups is 1. The summed E-state index contributed by atoms with van der Waals surface area (Å²) in [4.78, 5) is 18.4. The molecule has 2 aromatic rings. The van der Waals surface area contributed by atoms with E-state index in [0.717, 1.165) is 23.4 Å². The summed E-state index contributed by atoms with van der Waals surface area (Å²) in [6, 6.07) is 8.22. The number of rotatable bonds is 3. The predicted molar refractivity (Wildman–Crippen MR) is 119 cm³/mol. The Bertz CT molecular complexity index is 1270. The highest BCUT2D eigenvalue weighted by Gasteiger charge is 2.26. The number of halogens is 1. The number of ether oxygens (including phenoxy) is 1. The Morgan fingerprint density at radius 2 is 2.06 bits per heavy atom. The van der Waals surface area contributed by atoms with Crippen LogP contribution in [0.4, 0.5) is 4.39 Å². The summed E-state index contributed by atoms with van der Waals surface area (Å²) >= 11 is 0. The molecule has 0 fully saturated rings. The summed E-state index contributed by atoms with van der Waals surface area (Å²) in [6.07, 6.45) is 6.15. The van der Waals surface area contributed by atoms with Crippen molar-refractivity contribution in [1.82, 2.24) is 4.90 Å². The maximum atomic E-state index is 14.7. The summed E-state index contributed by atoms with van der Waals surface area (Å²) in [5, 5.41) is 7.55. The van der Waals surface area contributed by atoms with Crippen molar-refractivity contribution in [1.29, 1.82) is 5.41 Å². The Labute approximate surface area is 185 Å². The standard InChI is InChI=1S/C23H22FN3O4S/c1-14-18(5-7-20(22(14)24)32(2,29)30)23(28)27-9-10-31-19-6-3-15(11-17(19)13-27)16-4-8-21(25)26-12-16/h3-8,11-12,16,25H,9-10,13H2,1-2H3. The molecule has 9 heteroatoms. The van der Waals surface area contributed by atoms with Crippen molar-refractivity contribution in [3.8, 4) is 5.75 Å². The number of carbonyl (C=O) groups excluding carboxylic acids is 1. The van der Waals surface area contributed by atoms with Gasteiger partial charge in [-0.3, -0.25) is 10.2 Å². The molecule has 7 nitrogen and oxygen atoms in total. The van der Waals surface area contributed by atoms with Crippen molar-refractivity contribution in [2.75, 3.05) is 19.4 Å². The van der Waals surface area contributed by atoms with Crippen LogP contribution >= 0.6 is 0 Å². The van der Waals surface area contributed by atoms with Crippen LogP contribution < -0.4 is 4.74 Å². The zero-order valence-corrected chi connectivity index (χ0v) is 18.4. The van der Waals surface area contributed by atoms with Crippen molar-refractivity contribution in [3.05, 3.63) is 70.6 Å². The Morgan fingerprint density at radius 3 is 2.75 bits per heavy atom. The number of sulfone groups is 1. The minimum Gasteiger partial charge on any atom is -0.491 e. The van der Waals surface area contributed by atoms with Crippen LogP contribution in [0, 0.1) is 18.2 Å². The van der Waals surface area contributed by atoms with E-state index in [1.807, 2.05) is 24.3 Å². The van der Waals surface area contributed by atoms with E-state index in [1.54, 1.807) is 17.2 Å². The van der Waals surface area contributed by atoms with Crippen LogP contribution in [0.15, 0.2) is 52.4 Å². The van der Waals surface area contributed by atoms with Crippen molar-refractivity contribution in [2.45, 2.75) is 24.3 Å². The molecule has 2 aliphatic heterocycles. The summed E-state index contributed by atoms with van der Waals surface area (Å²) in [7, 11) is -3.74. The van der Waals surface area contributed by atoms with E-state index in [4.69, 9.17) is 10.1 Å². The van der Waals surface area contributed by atoms with Gasteiger partial charge in [0.2, 0.25) is 0 Å². The van der Waals surface area contributed by atoms with Gasteiger partial charge in [0.15, 0.2) is 9.84 Å². The van der Waals surface area contributed by atoms with E-state index in [0.29, 0.717) is 12.3 Å². The normalized spacial score (nSPS) is 18.2. The molecule has 0 radical (unpaired) electrons. The van der Waals surface area contributed by atoms with Gasteiger partial charge in [-0.25, -0.2) is 17.8 Å². The number of fused-ring (bicyclic) bond motifs is 1. The second-order valence-electron chi connectivity index (χ2n) is 7.81. The Balaban J connectivity index is 1.63. The van der Waals surface area contributed by atoms with Crippen molar-refractivity contribution in [3.63, 3.8) is 0 Å². The number of amidine groups is 1. The molecule has 0 aromatic heterocycles. The molecular weight excluding hydrogens is 433 g/mol. The van der Waals surface area contributed by atoms with E-state index in [-0.39, 0.29) is 36.0 Å². The van der Waals surface area contributed by atoms with E-state index in [9.17, 15) is 17.6 Å². The lowest BCUT2D eigenvalue weighted by atomic mass is 9.96. The minimum absolute atomic E-state index is 0.00284. The van der Waals surface area contributed by atoms with Gasteiger partial charge in [-0.1, -0.05) is 12.1 Å². The molecule has 166 valence electrons. The van der Waals surface area contributed by atoms with Crippen molar-refractivity contribution >= 4 is 27.8 Å². The highest BCUT2D eigenvalue weighted by Crippen LogP contribution is 2.30. The maximum absolute atomic E-state index is 14.7. The van der Waals surface area contributed by atoms with Gasteiger partial charge in [0.25, 0.3) is 5.91 Å². The highest BCUT2D eigenvalue weighted by molar-refractivity contribution is 7.90. The van der Waals surface area contributed by atoms with Gasteiger partial charge in [-0.05, 0) is 48.4 Å². The summed E-state index contributed by atoms with van der Waals surface area (Å²) in [5.41, 5.74) is 1.88. The largest absolute Gasteiger partial charge is 0.491 e. The quantitative estimate of drug-likeness (QED) is 0.768. The third kappa shape index (κ3) is 4.20. The van der Waals surface area contributed by atoms with Gasteiger partial charge in [0.05, 0.1) is 6.54 Å². The molecule has 0 saturated carbocycles. The highest BCUT2D eigenvalue weighted by atomic mass is 32.2. The second kappa shape index (κ2) is 8.31. The molecule has 1 N–H and O–H groups in total. The van der Waals surface area contributed by atoms with Gasteiger partial charge < -0.3 is 9.64 Å². The number of allylic oxidation sites excluding steroid dienone is 1. The van der Waals surface area contributed by atoms with E-state index < -0.39 is 26.5 Å². The number of hydrogen-bond donors (Lipinski definition) is 1. The topological polar surface area (TPSA) is 99.9 Å². The number of carbonyl (C=O) groups is 1. The monoisotopic (exact) mass is 455 g/mol. The van der Waals surface area contributed by atoms with E-state index >= 15 is 0 Å². The zero-order valence-electron chi connectivity index (χ0n) is 17.6. The third-order valence-electron chi connectivity index (χ3n) is 5.55. The lowest BCUT2D eigenvalue weighted by Gasteiger charge is -2.22. The average Bonchev–Trinajstić information content (AvgIpc) is 2.96. The first-order chi connectivity index (χ1) is 15.1. The zero-order chi connectivity index (χ0) is 23.0. The first kappa shape index (κ1) is 21.9. The van der Waals surface area contributed by atoms with Gasteiger partial charge in [0, 0.05) is 36.1 Å². The molecule has 1 amide bonds. The number of hydrogen-bond acceptors (Lipinski definition) is 5. The number of nitrogens with zero attached hydrogens (tertiary/aromatic N) is 2. The smallest absolute Gasteiger partial charge is 0.254 e. The minimum atomic E-state index is -3.74. The van der Waals surface area contributed by atoms with Crippen LogP contribution in [-0.4, -0.2) is 50.7 Å². The summed E-state index contributed by atoms with van der Waals surface area (Å²) in [5.74, 6) is -0.511. The van der Waals surface area contributed by atoms with Crippen LogP contribution in [0.25, 0.3) is 0 Å². The molecule has 2 heterocycles. The first-order valence-corrected chi connectivity index (χ1v) is 11.9. The van der Waals surface area contributed by atoms with Crippen LogP contribution in [0.1, 0.15) is 33.0 Å². The Kier molecular flexibility index (Phi) is 5.68. The molecule has 1 atom stereocenters. The SMILES string of the molecule is Cc1c(C(=O)N2CCOc3ccc(C4C=CC(=N)N=C4)cc3C2)ccc(S(C)(=O)=O)c1F. The second-order valence-corrected chi connectivity index (χ2v) is 9.80. The molecule has 2 aliphatic rings. The number of benzene rings is 2. The predicted octanol–water partition coefficient (Wildman–Crippen LogP) is 3.27. The Hall–Kier alpha value is -3.33. The average molecular weight is 456 g/mol. The third-order valence-corrected chi connectivity index (χ3v) is 6.67. The van der Waals surface area contributed by atoms with Gasteiger partial charge in [-0.2, -0.15) is 0 Å². The van der Waals surface area contributed by atoms with Gasteiger partial charge in [-0.15, -0.1) is 0 Å². The van der Waals surface area contributed by atoms with Gasteiger partial charge >= 0.3 is 0 Å². The lowest BCUT2D eigenvalue weighted by molar-refractivity contribution is 0.0731. The van der Waals surface area contributed by atoms with Crippen molar-refractivity contribution < 1.29 is 22.3 Å². The number of dihydropyridines is 1. The lowest BCUT2D eigenvalue weighted by Crippen LogP contribution is -2.33. The Morgan fingerprint density at radius 1 is 1.28 bits per heavy atom. The molecule has 2 aromatic carbocycles. The van der Waals surface area contributed by atoms with Crippen LogP contribution in [-0.2, 0) is 16.4 Å². The van der Waals surface area contributed by atoms with Crippen molar-refractivity contribution in [2.24, 2.45) is 4.99 Å². The van der Waals surface area contributed by atoms with E-state index in [2.05, 4.69) is 4.99 Å². The summed E-state index contributed by atoms with van der Waals surface area (Å²) < 4.78 is 44.0. The fourth-order valence-electron chi connectivity index (χ4n) is 3.79. The molecule has 4 rings (SSSR count). The first-order valence-electron chi connectivity index (χ1n) is 10.00. The molecule has 0 aliphatic carbocycles. The molecule has 0 bridgehead atoms. The molecule has 1 unspecified atom stereocenters. The van der Waals surface area contributed by atoms with Crippen LogP contribution in [0.5, 0.6) is 5.75 Å². The number of nitrogens with one attached hydrogen (secondary N) is 1. The molecule has 32 heavy (non-hydrogen) atoms. The maximum Gasteiger partial charge on any atom is 0.254 e. The summed E-state index contributed by atoms with van der Waals surface area (Å²) in [6.45, 7) is 2.26. The fourth-order valence-corrected chi connectivity index (χ4v) is 4.58. The van der Waals surface area contributed by atoms with E-state index in [1.165, 1.54) is 13.0 Å². The van der Waals surface area contributed by atoms with Gasteiger partial charge in [0.1, 0.15) is 28.9 Å². The molecule has 0 saturated heterocycles. The van der Waals surface area contributed by atoms with Crippen LogP contribution in [0.3, 0.4) is 0 Å². The molecule has 0 spiro atoms.